The van der Waals surface area contributed by atoms with Gasteiger partial charge in [0.25, 0.3) is 0 Å². The van der Waals surface area contributed by atoms with Crippen LogP contribution in [-0.2, 0) is 15.1 Å². The molecular formula is C17H25NO2S. The lowest BCUT2D eigenvalue weighted by atomic mass is 9.78. The predicted octanol–water partition coefficient (Wildman–Crippen LogP) is 3.94. The van der Waals surface area contributed by atoms with E-state index in [4.69, 9.17) is 4.74 Å². The van der Waals surface area contributed by atoms with Gasteiger partial charge in [0.05, 0.1) is 5.54 Å². The SMILES string of the molecule is CC(=O)OC1CCN(C2(c3cccs3)CCCCC2)CC1. The van der Waals surface area contributed by atoms with Crippen LogP contribution >= 0.6 is 11.3 Å². The average Bonchev–Trinajstić information content (AvgIpc) is 3.03. The minimum absolute atomic E-state index is 0.128. The van der Waals surface area contributed by atoms with Gasteiger partial charge in [-0.2, -0.15) is 0 Å². The molecule has 0 spiro atoms. The van der Waals surface area contributed by atoms with Gasteiger partial charge in [0.2, 0.25) is 0 Å². The lowest BCUT2D eigenvalue weighted by Gasteiger charge is -2.48. The molecule has 116 valence electrons. The van der Waals surface area contributed by atoms with Crippen molar-refractivity contribution >= 4 is 17.3 Å². The number of nitrogens with zero attached hydrogens (tertiary/aromatic N) is 1. The molecule has 1 saturated heterocycles. The molecule has 0 radical (unpaired) electrons. The first-order valence-corrected chi connectivity index (χ1v) is 9.05. The van der Waals surface area contributed by atoms with Crippen LogP contribution in [0.2, 0.25) is 0 Å². The zero-order valence-electron chi connectivity index (χ0n) is 12.8. The number of rotatable bonds is 3. The topological polar surface area (TPSA) is 29.5 Å². The molecule has 1 saturated carbocycles. The standard InChI is InChI=1S/C17H25NO2S/c1-14(19)20-15-7-11-18(12-8-15)17(9-3-2-4-10-17)16-6-5-13-21-16/h5-6,13,15H,2-4,7-12H2,1H3. The van der Waals surface area contributed by atoms with Crippen molar-refractivity contribution in [3.8, 4) is 0 Å². The molecule has 0 aromatic carbocycles. The Hall–Kier alpha value is -0.870. The van der Waals surface area contributed by atoms with Crippen molar-refractivity contribution in [3.63, 3.8) is 0 Å². The second-order valence-corrected chi connectivity index (χ2v) is 7.31. The van der Waals surface area contributed by atoms with E-state index in [1.165, 1.54) is 43.9 Å². The zero-order valence-corrected chi connectivity index (χ0v) is 13.7. The highest BCUT2D eigenvalue weighted by Crippen LogP contribution is 2.45. The molecular weight excluding hydrogens is 282 g/mol. The second-order valence-electron chi connectivity index (χ2n) is 6.37. The molecule has 0 atom stereocenters. The third-order valence-corrected chi connectivity index (χ3v) is 6.10. The summed E-state index contributed by atoms with van der Waals surface area (Å²) in [6, 6.07) is 4.50. The highest BCUT2D eigenvalue weighted by Gasteiger charge is 2.41. The van der Waals surface area contributed by atoms with Crippen LogP contribution in [0.3, 0.4) is 0 Å². The van der Waals surface area contributed by atoms with Gasteiger partial charge in [-0.05, 0) is 37.1 Å². The molecule has 1 aliphatic heterocycles. The van der Waals surface area contributed by atoms with Crippen molar-refractivity contribution in [2.24, 2.45) is 0 Å². The average molecular weight is 307 g/mol. The molecule has 4 heteroatoms. The third kappa shape index (κ3) is 3.16. The molecule has 1 aromatic rings. The van der Waals surface area contributed by atoms with E-state index in [-0.39, 0.29) is 17.6 Å². The van der Waals surface area contributed by atoms with Gasteiger partial charge in [0, 0.05) is 24.9 Å². The number of esters is 1. The number of carbonyl (C=O) groups excluding carboxylic acids is 1. The van der Waals surface area contributed by atoms with Gasteiger partial charge in [0.1, 0.15) is 6.10 Å². The zero-order chi connectivity index (χ0) is 14.7. The smallest absolute Gasteiger partial charge is 0.302 e. The predicted molar refractivity (Wildman–Crippen MR) is 85.4 cm³/mol. The van der Waals surface area contributed by atoms with Gasteiger partial charge < -0.3 is 4.74 Å². The first-order valence-electron chi connectivity index (χ1n) is 8.17. The Morgan fingerprint density at radius 1 is 1.29 bits per heavy atom. The van der Waals surface area contributed by atoms with Gasteiger partial charge in [-0.3, -0.25) is 9.69 Å². The number of piperidine rings is 1. The molecule has 2 heterocycles. The summed E-state index contributed by atoms with van der Waals surface area (Å²) in [5.41, 5.74) is 0.258. The fourth-order valence-electron chi connectivity index (χ4n) is 4.03. The molecule has 0 bridgehead atoms. The van der Waals surface area contributed by atoms with Crippen LogP contribution in [0, 0.1) is 0 Å². The molecule has 2 aliphatic rings. The second kappa shape index (κ2) is 6.49. The highest BCUT2D eigenvalue weighted by atomic mass is 32.1. The first kappa shape index (κ1) is 15.0. The summed E-state index contributed by atoms with van der Waals surface area (Å²) >= 11 is 1.91. The minimum atomic E-state index is -0.140. The maximum absolute atomic E-state index is 11.1. The van der Waals surface area contributed by atoms with E-state index in [1.807, 2.05) is 11.3 Å². The van der Waals surface area contributed by atoms with E-state index in [1.54, 1.807) is 0 Å². The summed E-state index contributed by atoms with van der Waals surface area (Å²) in [4.78, 5) is 15.3. The van der Waals surface area contributed by atoms with E-state index in [2.05, 4.69) is 22.4 Å². The Kier molecular flexibility index (Phi) is 4.65. The molecule has 3 rings (SSSR count). The molecule has 0 amide bonds. The van der Waals surface area contributed by atoms with Crippen LogP contribution in [-0.4, -0.2) is 30.1 Å². The van der Waals surface area contributed by atoms with Gasteiger partial charge >= 0.3 is 5.97 Å². The Labute approximate surface area is 131 Å². The number of thiophene rings is 1. The number of carbonyl (C=O) groups is 1. The Morgan fingerprint density at radius 2 is 2.00 bits per heavy atom. The Balaban J connectivity index is 1.72. The fraction of sp³-hybridized carbons (Fsp3) is 0.706. The van der Waals surface area contributed by atoms with E-state index in [0.29, 0.717) is 0 Å². The number of hydrogen-bond donors (Lipinski definition) is 0. The Bertz CT molecular complexity index is 457. The molecule has 0 N–H and O–H groups in total. The molecule has 1 aromatic heterocycles. The van der Waals surface area contributed by atoms with Crippen LogP contribution in [0.5, 0.6) is 0 Å². The summed E-state index contributed by atoms with van der Waals surface area (Å²) in [7, 11) is 0. The van der Waals surface area contributed by atoms with Crippen LogP contribution in [0.1, 0.15) is 56.7 Å². The van der Waals surface area contributed by atoms with Crippen molar-refractivity contribution in [1.82, 2.24) is 4.90 Å². The molecule has 2 fully saturated rings. The van der Waals surface area contributed by atoms with E-state index >= 15 is 0 Å². The van der Waals surface area contributed by atoms with Crippen molar-refractivity contribution in [1.29, 1.82) is 0 Å². The lowest BCUT2D eigenvalue weighted by molar-refractivity contribution is -0.149. The normalized spacial score (nSPS) is 23.9. The third-order valence-electron chi connectivity index (χ3n) is 5.04. The highest BCUT2D eigenvalue weighted by molar-refractivity contribution is 7.10. The Morgan fingerprint density at radius 3 is 2.57 bits per heavy atom. The van der Waals surface area contributed by atoms with Crippen molar-refractivity contribution < 1.29 is 9.53 Å². The summed E-state index contributed by atoms with van der Waals surface area (Å²) in [6.07, 6.45) is 8.69. The van der Waals surface area contributed by atoms with Crippen molar-refractivity contribution in [2.75, 3.05) is 13.1 Å². The monoisotopic (exact) mass is 307 g/mol. The minimum Gasteiger partial charge on any atom is -0.462 e. The summed E-state index contributed by atoms with van der Waals surface area (Å²) in [6.45, 7) is 3.62. The van der Waals surface area contributed by atoms with Crippen LogP contribution in [0.15, 0.2) is 17.5 Å². The summed E-state index contributed by atoms with van der Waals surface area (Å²) in [5.74, 6) is -0.140. The molecule has 0 unspecified atom stereocenters. The summed E-state index contributed by atoms with van der Waals surface area (Å²) < 4.78 is 5.39. The molecule has 3 nitrogen and oxygen atoms in total. The van der Waals surface area contributed by atoms with Crippen LogP contribution < -0.4 is 0 Å². The first-order chi connectivity index (χ1) is 10.2. The maximum atomic E-state index is 11.1. The van der Waals surface area contributed by atoms with Crippen molar-refractivity contribution in [2.45, 2.75) is 63.5 Å². The fourth-order valence-corrected chi connectivity index (χ4v) is 5.05. The van der Waals surface area contributed by atoms with Gasteiger partial charge in [0.15, 0.2) is 0 Å². The van der Waals surface area contributed by atoms with E-state index in [9.17, 15) is 4.79 Å². The van der Waals surface area contributed by atoms with E-state index in [0.717, 1.165) is 25.9 Å². The number of likely N-dealkylation sites (tertiary alicyclic amines) is 1. The molecule has 1 aliphatic carbocycles. The van der Waals surface area contributed by atoms with Crippen LogP contribution in [0.4, 0.5) is 0 Å². The lowest BCUT2D eigenvalue weighted by Crippen LogP contribution is -2.51. The summed E-state index contributed by atoms with van der Waals surface area (Å²) in [5, 5.41) is 2.21. The van der Waals surface area contributed by atoms with E-state index < -0.39 is 0 Å². The van der Waals surface area contributed by atoms with Crippen LogP contribution in [0.25, 0.3) is 0 Å². The van der Waals surface area contributed by atoms with Gasteiger partial charge in [-0.1, -0.05) is 25.3 Å². The van der Waals surface area contributed by atoms with Gasteiger partial charge in [-0.15, -0.1) is 11.3 Å². The molecule has 21 heavy (non-hydrogen) atoms. The quantitative estimate of drug-likeness (QED) is 0.792. The van der Waals surface area contributed by atoms with Gasteiger partial charge in [-0.25, -0.2) is 0 Å². The number of ether oxygens (including phenoxy) is 1. The largest absolute Gasteiger partial charge is 0.462 e. The van der Waals surface area contributed by atoms with Crippen molar-refractivity contribution in [3.05, 3.63) is 22.4 Å². The number of hydrogen-bond acceptors (Lipinski definition) is 4. The maximum Gasteiger partial charge on any atom is 0.302 e.